The average Bonchev–Trinajstić information content (AvgIpc) is 3.16. The van der Waals surface area contributed by atoms with E-state index in [0.29, 0.717) is 6.54 Å². The molecule has 0 saturated carbocycles. The molecule has 0 aliphatic heterocycles. The molecule has 0 spiro atoms. The summed E-state index contributed by atoms with van der Waals surface area (Å²) in [6.45, 7) is 0.586. The van der Waals surface area contributed by atoms with Crippen molar-refractivity contribution in [3.05, 3.63) is 66.5 Å². The normalized spacial score (nSPS) is 10.9. The van der Waals surface area contributed by atoms with E-state index in [0.717, 1.165) is 27.0 Å². The molecule has 0 bridgehead atoms. The SMILES string of the molecule is c1ccc(NCc2nnc3sc(-c4ccccc4)nn23)cc1. The lowest BCUT2D eigenvalue weighted by molar-refractivity contribution is 0.844. The van der Waals surface area contributed by atoms with E-state index < -0.39 is 0 Å². The molecule has 108 valence electrons. The lowest BCUT2D eigenvalue weighted by Gasteiger charge is -2.03. The van der Waals surface area contributed by atoms with Crippen molar-refractivity contribution in [1.82, 2.24) is 19.8 Å². The maximum atomic E-state index is 4.63. The molecule has 4 aromatic rings. The fraction of sp³-hybridized carbons (Fsp3) is 0.0625. The summed E-state index contributed by atoms with van der Waals surface area (Å²) in [5.41, 5.74) is 2.15. The number of benzene rings is 2. The van der Waals surface area contributed by atoms with Crippen LogP contribution in [0.4, 0.5) is 5.69 Å². The topological polar surface area (TPSA) is 55.1 Å². The Morgan fingerprint density at radius 2 is 1.64 bits per heavy atom. The first-order valence-electron chi connectivity index (χ1n) is 6.95. The van der Waals surface area contributed by atoms with E-state index in [1.54, 1.807) is 11.3 Å². The van der Waals surface area contributed by atoms with Crippen molar-refractivity contribution >= 4 is 22.0 Å². The molecule has 0 aliphatic rings. The van der Waals surface area contributed by atoms with Gasteiger partial charge < -0.3 is 5.32 Å². The summed E-state index contributed by atoms with van der Waals surface area (Å²) in [7, 11) is 0. The standard InChI is InChI=1S/C16H13N5S/c1-3-7-12(8-4-1)15-20-21-14(18-19-16(21)22-15)11-17-13-9-5-2-6-10-13/h1-10,17H,11H2. The van der Waals surface area contributed by atoms with Crippen molar-refractivity contribution < 1.29 is 0 Å². The highest BCUT2D eigenvalue weighted by atomic mass is 32.1. The maximum Gasteiger partial charge on any atom is 0.235 e. The average molecular weight is 307 g/mol. The smallest absolute Gasteiger partial charge is 0.235 e. The predicted octanol–water partition coefficient (Wildman–Crippen LogP) is 3.46. The number of rotatable bonds is 4. The molecule has 2 aromatic carbocycles. The number of para-hydroxylation sites is 1. The van der Waals surface area contributed by atoms with Gasteiger partial charge in [0.1, 0.15) is 5.01 Å². The van der Waals surface area contributed by atoms with Crippen molar-refractivity contribution in [2.75, 3.05) is 5.32 Å². The summed E-state index contributed by atoms with van der Waals surface area (Å²) in [5, 5.41) is 17.3. The number of hydrogen-bond acceptors (Lipinski definition) is 5. The second-order valence-corrected chi connectivity index (χ2v) is 5.76. The van der Waals surface area contributed by atoms with Crippen LogP contribution in [0.25, 0.3) is 15.5 Å². The van der Waals surface area contributed by atoms with Gasteiger partial charge in [-0.2, -0.15) is 9.61 Å². The van der Waals surface area contributed by atoms with E-state index in [1.807, 2.05) is 65.2 Å². The Balaban J connectivity index is 1.61. The summed E-state index contributed by atoms with van der Waals surface area (Å²) >= 11 is 1.54. The van der Waals surface area contributed by atoms with Crippen LogP contribution < -0.4 is 5.32 Å². The van der Waals surface area contributed by atoms with Gasteiger partial charge in [-0.05, 0) is 12.1 Å². The quantitative estimate of drug-likeness (QED) is 0.627. The van der Waals surface area contributed by atoms with Crippen molar-refractivity contribution in [2.45, 2.75) is 6.54 Å². The Labute approximate surface area is 131 Å². The molecule has 0 radical (unpaired) electrons. The summed E-state index contributed by atoms with van der Waals surface area (Å²) in [6, 6.07) is 20.2. The zero-order chi connectivity index (χ0) is 14.8. The van der Waals surface area contributed by atoms with Crippen molar-refractivity contribution in [3.63, 3.8) is 0 Å². The fourth-order valence-corrected chi connectivity index (χ4v) is 3.07. The summed E-state index contributed by atoms with van der Waals surface area (Å²) < 4.78 is 1.81. The highest BCUT2D eigenvalue weighted by molar-refractivity contribution is 7.19. The Kier molecular flexibility index (Phi) is 3.29. The molecule has 0 atom stereocenters. The molecule has 2 heterocycles. The molecule has 0 unspecified atom stereocenters. The Morgan fingerprint density at radius 3 is 2.41 bits per heavy atom. The van der Waals surface area contributed by atoms with Crippen LogP contribution in [0.1, 0.15) is 5.82 Å². The maximum absolute atomic E-state index is 4.63. The largest absolute Gasteiger partial charge is 0.378 e. The molecule has 2 aromatic heterocycles. The lowest BCUT2D eigenvalue weighted by Crippen LogP contribution is -2.04. The van der Waals surface area contributed by atoms with Crippen LogP contribution in [0, 0.1) is 0 Å². The number of hydrogen-bond donors (Lipinski definition) is 1. The number of nitrogens with one attached hydrogen (secondary N) is 1. The first kappa shape index (κ1) is 13.0. The molecule has 1 N–H and O–H groups in total. The highest BCUT2D eigenvalue weighted by Crippen LogP contribution is 2.25. The van der Waals surface area contributed by atoms with Gasteiger partial charge in [-0.3, -0.25) is 0 Å². The minimum atomic E-state index is 0.586. The van der Waals surface area contributed by atoms with Gasteiger partial charge >= 0.3 is 0 Å². The number of aromatic nitrogens is 4. The number of anilines is 1. The van der Waals surface area contributed by atoms with Crippen LogP contribution in [-0.2, 0) is 6.54 Å². The van der Waals surface area contributed by atoms with Crippen LogP contribution in [0.5, 0.6) is 0 Å². The Bertz CT molecular complexity index is 883. The molecule has 0 fully saturated rings. The Morgan fingerprint density at radius 1 is 0.909 bits per heavy atom. The minimum Gasteiger partial charge on any atom is -0.378 e. The molecular formula is C16H13N5S. The van der Waals surface area contributed by atoms with Gasteiger partial charge in [0.25, 0.3) is 0 Å². The summed E-state index contributed by atoms with van der Waals surface area (Å²) in [5.74, 6) is 0.803. The molecule has 6 heteroatoms. The van der Waals surface area contributed by atoms with Crippen molar-refractivity contribution in [3.8, 4) is 10.6 Å². The van der Waals surface area contributed by atoms with Crippen LogP contribution in [0.2, 0.25) is 0 Å². The molecule has 22 heavy (non-hydrogen) atoms. The molecule has 0 amide bonds. The number of nitrogens with zero attached hydrogens (tertiary/aromatic N) is 4. The van der Waals surface area contributed by atoms with Crippen molar-refractivity contribution in [2.24, 2.45) is 0 Å². The predicted molar refractivity (Wildman–Crippen MR) is 87.9 cm³/mol. The van der Waals surface area contributed by atoms with Gasteiger partial charge in [-0.15, -0.1) is 10.2 Å². The number of fused-ring (bicyclic) bond motifs is 1. The van der Waals surface area contributed by atoms with E-state index in [4.69, 9.17) is 0 Å². The minimum absolute atomic E-state index is 0.586. The fourth-order valence-electron chi connectivity index (χ4n) is 2.20. The van der Waals surface area contributed by atoms with Gasteiger partial charge in [-0.25, -0.2) is 0 Å². The van der Waals surface area contributed by atoms with Crippen LogP contribution in [0.15, 0.2) is 60.7 Å². The van der Waals surface area contributed by atoms with E-state index in [2.05, 4.69) is 20.6 Å². The van der Waals surface area contributed by atoms with Gasteiger partial charge in [-0.1, -0.05) is 59.9 Å². The summed E-state index contributed by atoms with van der Waals surface area (Å²) in [6.07, 6.45) is 0. The molecule has 0 saturated heterocycles. The van der Waals surface area contributed by atoms with Crippen LogP contribution in [-0.4, -0.2) is 19.8 Å². The third-order valence-electron chi connectivity index (χ3n) is 3.30. The first-order valence-corrected chi connectivity index (χ1v) is 7.77. The molecular weight excluding hydrogens is 294 g/mol. The summed E-state index contributed by atoms with van der Waals surface area (Å²) in [4.78, 5) is 0.809. The first-order chi connectivity index (χ1) is 10.9. The van der Waals surface area contributed by atoms with E-state index in [1.165, 1.54) is 0 Å². The third-order valence-corrected chi connectivity index (χ3v) is 4.25. The second kappa shape index (κ2) is 5.57. The zero-order valence-electron chi connectivity index (χ0n) is 11.7. The zero-order valence-corrected chi connectivity index (χ0v) is 12.5. The van der Waals surface area contributed by atoms with Gasteiger partial charge in [0, 0.05) is 11.3 Å². The van der Waals surface area contributed by atoms with Gasteiger partial charge in [0.2, 0.25) is 4.96 Å². The Hall–Kier alpha value is -2.73. The molecule has 0 aliphatic carbocycles. The molecule has 4 rings (SSSR count). The van der Waals surface area contributed by atoms with Gasteiger partial charge in [0.05, 0.1) is 6.54 Å². The lowest BCUT2D eigenvalue weighted by atomic mass is 10.2. The van der Waals surface area contributed by atoms with Crippen LogP contribution in [0.3, 0.4) is 0 Å². The third kappa shape index (κ3) is 2.44. The van der Waals surface area contributed by atoms with Crippen molar-refractivity contribution in [1.29, 1.82) is 0 Å². The van der Waals surface area contributed by atoms with E-state index >= 15 is 0 Å². The second-order valence-electron chi connectivity index (χ2n) is 4.80. The van der Waals surface area contributed by atoms with Crippen LogP contribution >= 0.6 is 11.3 Å². The monoisotopic (exact) mass is 307 g/mol. The van der Waals surface area contributed by atoms with E-state index in [-0.39, 0.29) is 0 Å². The van der Waals surface area contributed by atoms with Gasteiger partial charge in [0.15, 0.2) is 5.82 Å². The highest BCUT2D eigenvalue weighted by Gasteiger charge is 2.12. The van der Waals surface area contributed by atoms with E-state index in [9.17, 15) is 0 Å². The molecule has 5 nitrogen and oxygen atoms in total.